The van der Waals surface area contributed by atoms with Gasteiger partial charge in [0.25, 0.3) is 0 Å². The molecule has 152 valence electrons. The molecule has 8 heteroatoms. The number of hydrogen-bond acceptors (Lipinski definition) is 5. The lowest BCUT2D eigenvalue weighted by molar-refractivity contribution is 0.215. The van der Waals surface area contributed by atoms with Crippen LogP contribution in [0.1, 0.15) is 5.56 Å². The van der Waals surface area contributed by atoms with Crippen LogP contribution in [-0.2, 0) is 6.54 Å². The average Bonchev–Trinajstić information content (AvgIpc) is 3.25. The number of imidazole rings is 1. The fourth-order valence-electron chi connectivity index (χ4n) is 2.94. The Labute approximate surface area is 172 Å². The summed E-state index contributed by atoms with van der Waals surface area (Å²) in [6, 6.07) is 16.5. The lowest BCUT2D eigenvalue weighted by Gasteiger charge is -2.12. The van der Waals surface area contributed by atoms with Gasteiger partial charge in [0.05, 0.1) is 12.8 Å². The Hall–Kier alpha value is -4.07. The number of halogens is 1. The molecule has 30 heavy (non-hydrogen) atoms. The molecule has 0 bridgehead atoms. The van der Waals surface area contributed by atoms with Crippen molar-refractivity contribution in [2.45, 2.75) is 6.54 Å². The molecular weight excluding hydrogens is 387 g/mol. The molecule has 0 atom stereocenters. The predicted octanol–water partition coefficient (Wildman–Crippen LogP) is 4.71. The van der Waals surface area contributed by atoms with Gasteiger partial charge in [-0.3, -0.25) is 9.72 Å². The first-order valence-corrected chi connectivity index (χ1v) is 9.19. The monoisotopic (exact) mass is 406 g/mol. The number of hydrogen-bond donors (Lipinski definition) is 2. The Bertz CT molecular complexity index is 1160. The molecular formula is C22H19FN4O3. The van der Waals surface area contributed by atoms with Crippen LogP contribution in [0, 0.1) is 5.82 Å². The van der Waals surface area contributed by atoms with E-state index in [-0.39, 0.29) is 5.82 Å². The number of fused-ring (bicyclic) bond motifs is 1. The summed E-state index contributed by atoms with van der Waals surface area (Å²) in [6.45, 7) is 0.514. The van der Waals surface area contributed by atoms with Crippen LogP contribution in [0.5, 0.6) is 11.5 Å². The highest BCUT2D eigenvalue weighted by Gasteiger charge is 2.11. The Kier molecular flexibility index (Phi) is 5.47. The van der Waals surface area contributed by atoms with Crippen molar-refractivity contribution >= 4 is 23.2 Å². The Morgan fingerprint density at radius 3 is 2.50 bits per heavy atom. The number of anilines is 2. The number of rotatable bonds is 6. The lowest BCUT2D eigenvalue weighted by atomic mass is 10.2. The van der Waals surface area contributed by atoms with Crippen molar-refractivity contribution in [3.05, 3.63) is 84.4 Å². The number of pyridine rings is 1. The Morgan fingerprint density at radius 2 is 1.77 bits per heavy atom. The van der Waals surface area contributed by atoms with Gasteiger partial charge in [0, 0.05) is 18.9 Å². The minimum Gasteiger partial charge on any atom is -0.497 e. The van der Waals surface area contributed by atoms with E-state index in [1.54, 1.807) is 62.0 Å². The van der Waals surface area contributed by atoms with Gasteiger partial charge >= 0.3 is 6.09 Å². The SMILES string of the molecule is COc1ccc(OC(=O)Nc2ccc(NCc3ccc(F)cc3)n3ccnc23)cc1. The summed E-state index contributed by atoms with van der Waals surface area (Å²) in [5.74, 6) is 1.57. The van der Waals surface area contributed by atoms with Crippen LogP contribution >= 0.6 is 0 Å². The van der Waals surface area contributed by atoms with Crippen LogP contribution < -0.4 is 20.1 Å². The fourth-order valence-corrected chi connectivity index (χ4v) is 2.94. The van der Waals surface area contributed by atoms with Crippen LogP contribution in [-0.4, -0.2) is 22.6 Å². The largest absolute Gasteiger partial charge is 0.497 e. The van der Waals surface area contributed by atoms with Gasteiger partial charge in [-0.05, 0) is 54.1 Å². The van der Waals surface area contributed by atoms with E-state index < -0.39 is 6.09 Å². The van der Waals surface area contributed by atoms with E-state index in [9.17, 15) is 9.18 Å². The number of benzene rings is 2. The van der Waals surface area contributed by atoms with Crippen molar-refractivity contribution in [1.29, 1.82) is 0 Å². The fraction of sp³-hybridized carbons (Fsp3) is 0.0909. The van der Waals surface area contributed by atoms with E-state index in [4.69, 9.17) is 9.47 Å². The van der Waals surface area contributed by atoms with E-state index >= 15 is 0 Å². The molecule has 0 saturated heterocycles. The minimum absolute atomic E-state index is 0.271. The molecule has 2 aromatic heterocycles. The topological polar surface area (TPSA) is 76.9 Å². The number of methoxy groups -OCH3 is 1. The van der Waals surface area contributed by atoms with Crippen molar-refractivity contribution in [2.24, 2.45) is 0 Å². The number of carbonyl (C=O) groups excluding carboxylic acids is 1. The minimum atomic E-state index is -0.628. The molecule has 2 heterocycles. The first-order valence-electron chi connectivity index (χ1n) is 9.19. The van der Waals surface area contributed by atoms with E-state index in [2.05, 4.69) is 15.6 Å². The number of amides is 1. The lowest BCUT2D eigenvalue weighted by Crippen LogP contribution is -2.17. The number of aromatic nitrogens is 2. The van der Waals surface area contributed by atoms with Gasteiger partial charge in [0.1, 0.15) is 23.1 Å². The molecule has 2 aromatic carbocycles. The number of ether oxygens (including phenoxy) is 2. The summed E-state index contributed by atoms with van der Waals surface area (Å²) >= 11 is 0. The van der Waals surface area contributed by atoms with Crippen LogP contribution in [0.25, 0.3) is 5.65 Å². The molecule has 0 unspecified atom stereocenters. The molecule has 7 nitrogen and oxygen atoms in total. The summed E-state index contributed by atoms with van der Waals surface area (Å²) in [5.41, 5.74) is 2.01. The molecule has 2 N–H and O–H groups in total. The van der Waals surface area contributed by atoms with Crippen LogP contribution in [0.15, 0.2) is 73.1 Å². The second-order valence-electron chi connectivity index (χ2n) is 6.42. The second kappa shape index (κ2) is 8.52. The molecule has 4 aromatic rings. The first-order chi connectivity index (χ1) is 14.6. The quantitative estimate of drug-likeness (QED) is 0.485. The molecule has 0 fully saturated rings. The van der Waals surface area contributed by atoms with Crippen molar-refractivity contribution in [3.8, 4) is 11.5 Å². The maximum atomic E-state index is 13.1. The summed E-state index contributed by atoms with van der Waals surface area (Å²) in [7, 11) is 1.57. The summed E-state index contributed by atoms with van der Waals surface area (Å²) in [5, 5.41) is 6.00. The van der Waals surface area contributed by atoms with Gasteiger partial charge in [-0.2, -0.15) is 0 Å². The third-order valence-corrected chi connectivity index (χ3v) is 4.44. The standard InChI is InChI=1S/C22H19FN4O3/c1-29-17-6-8-18(9-7-17)30-22(28)26-19-10-11-20(27-13-12-24-21(19)27)25-14-15-2-4-16(23)5-3-15/h2-13,25H,14H2,1H3,(H,26,28). The molecule has 0 aliphatic carbocycles. The van der Waals surface area contributed by atoms with E-state index in [0.29, 0.717) is 29.4 Å². The predicted molar refractivity (Wildman–Crippen MR) is 112 cm³/mol. The molecule has 0 saturated carbocycles. The highest BCUT2D eigenvalue weighted by atomic mass is 19.1. The first kappa shape index (κ1) is 19.3. The maximum absolute atomic E-state index is 13.1. The van der Waals surface area contributed by atoms with Gasteiger partial charge in [-0.25, -0.2) is 14.2 Å². The van der Waals surface area contributed by atoms with E-state index in [1.165, 1.54) is 12.1 Å². The smallest absolute Gasteiger partial charge is 0.417 e. The number of nitrogens with zero attached hydrogens (tertiary/aromatic N) is 2. The molecule has 1 amide bonds. The number of carbonyl (C=O) groups is 1. The van der Waals surface area contributed by atoms with Crippen LogP contribution in [0.3, 0.4) is 0 Å². The highest BCUT2D eigenvalue weighted by molar-refractivity contribution is 5.91. The summed E-state index contributed by atoms with van der Waals surface area (Å²) in [6.07, 6.45) is 2.79. The van der Waals surface area contributed by atoms with E-state index in [1.807, 2.05) is 10.5 Å². The summed E-state index contributed by atoms with van der Waals surface area (Å²) in [4.78, 5) is 16.6. The Balaban J connectivity index is 1.46. The summed E-state index contributed by atoms with van der Waals surface area (Å²) < 4.78 is 25.2. The van der Waals surface area contributed by atoms with Gasteiger partial charge < -0.3 is 14.8 Å². The number of nitrogens with one attached hydrogen (secondary N) is 2. The molecule has 0 radical (unpaired) electrons. The van der Waals surface area contributed by atoms with Gasteiger partial charge in [0.2, 0.25) is 0 Å². The zero-order valence-electron chi connectivity index (χ0n) is 16.1. The second-order valence-corrected chi connectivity index (χ2v) is 6.42. The Morgan fingerprint density at radius 1 is 1.03 bits per heavy atom. The third-order valence-electron chi connectivity index (χ3n) is 4.44. The normalized spacial score (nSPS) is 10.6. The van der Waals surface area contributed by atoms with E-state index in [0.717, 1.165) is 11.4 Å². The average molecular weight is 406 g/mol. The van der Waals surface area contributed by atoms with Crippen molar-refractivity contribution in [2.75, 3.05) is 17.7 Å². The third kappa shape index (κ3) is 4.33. The zero-order chi connectivity index (χ0) is 20.9. The zero-order valence-corrected chi connectivity index (χ0v) is 16.1. The van der Waals surface area contributed by atoms with Crippen molar-refractivity contribution in [1.82, 2.24) is 9.38 Å². The van der Waals surface area contributed by atoms with Gasteiger partial charge in [0.15, 0.2) is 5.65 Å². The maximum Gasteiger partial charge on any atom is 0.417 e. The van der Waals surface area contributed by atoms with Crippen molar-refractivity contribution < 1.29 is 18.7 Å². The van der Waals surface area contributed by atoms with Gasteiger partial charge in [-0.15, -0.1) is 0 Å². The van der Waals surface area contributed by atoms with Crippen LogP contribution in [0.4, 0.5) is 20.7 Å². The molecule has 4 rings (SSSR count). The van der Waals surface area contributed by atoms with Crippen LogP contribution in [0.2, 0.25) is 0 Å². The highest BCUT2D eigenvalue weighted by Crippen LogP contribution is 2.22. The van der Waals surface area contributed by atoms with Gasteiger partial charge in [-0.1, -0.05) is 12.1 Å². The molecule has 0 spiro atoms. The molecule has 0 aliphatic rings. The molecule has 0 aliphatic heterocycles. The van der Waals surface area contributed by atoms with Crippen molar-refractivity contribution in [3.63, 3.8) is 0 Å².